The summed E-state index contributed by atoms with van der Waals surface area (Å²) in [4.78, 5) is 14.2. The molecule has 1 aliphatic heterocycles. The minimum atomic E-state index is -0.370. The fraction of sp³-hybridized carbons (Fsp3) is 0.400. The molecular formula is C15H18FNO. The van der Waals surface area contributed by atoms with Gasteiger partial charge in [0.15, 0.2) is 5.78 Å². The third-order valence-electron chi connectivity index (χ3n) is 3.30. The molecule has 1 aliphatic rings. The summed E-state index contributed by atoms with van der Waals surface area (Å²) in [5.74, 6) is -0.498. The minimum absolute atomic E-state index is 0.127. The number of halogens is 1. The zero-order valence-electron chi connectivity index (χ0n) is 10.7. The van der Waals surface area contributed by atoms with Crippen LogP contribution in [0.4, 0.5) is 4.39 Å². The van der Waals surface area contributed by atoms with Crippen LogP contribution in [0.15, 0.2) is 36.0 Å². The van der Waals surface area contributed by atoms with Crippen LogP contribution in [0, 0.1) is 5.82 Å². The standard InChI is InChI=1S/C15H18FNO/c1-12(17-8-3-2-4-9-17)10-15(18)13-6-5-7-14(16)11-13/h5-7,10-11H,2-4,8-9H2,1H3/b12-10-. The maximum atomic E-state index is 13.0. The van der Waals surface area contributed by atoms with Gasteiger partial charge < -0.3 is 4.90 Å². The van der Waals surface area contributed by atoms with E-state index in [1.54, 1.807) is 18.2 Å². The second-order valence-electron chi connectivity index (χ2n) is 4.71. The second kappa shape index (κ2) is 5.80. The number of ketones is 1. The molecule has 0 atom stereocenters. The molecule has 1 heterocycles. The molecule has 0 radical (unpaired) electrons. The summed E-state index contributed by atoms with van der Waals surface area (Å²) in [7, 11) is 0. The van der Waals surface area contributed by atoms with Crippen molar-refractivity contribution in [1.82, 2.24) is 4.90 Å². The van der Waals surface area contributed by atoms with E-state index in [0.717, 1.165) is 18.8 Å². The van der Waals surface area contributed by atoms with Crippen LogP contribution < -0.4 is 0 Å². The SMILES string of the molecule is C/C(=C/C(=O)c1cccc(F)c1)N1CCCCC1. The first-order chi connectivity index (χ1) is 8.66. The van der Waals surface area contributed by atoms with Crippen LogP contribution in [0.3, 0.4) is 0 Å². The van der Waals surface area contributed by atoms with Gasteiger partial charge in [0.05, 0.1) is 0 Å². The number of likely N-dealkylation sites (tertiary alicyclic amines) is 1. The monoisotopic (exact) mass is 247 g/mol. The van der Waals surface area contributed by atoms with Crippen molar-refractivity contribution < 1.29 is 9.18 Å². The van der Waals surface area contributed by atoms with Crippen LogP contribution in [0.5, 0.6) is 0 Å². The molecule has 1 aromatic carbocycles. The molecule has 0 bridgehead atoms. The van der Waals surface area contributed by atoms with Crippen LogP contribution in [0.2, 0.25) is 0 Å². The van der Waals surface area contributed by atoms with Crippen LogP contribution in [0.25, 0.3) is 0 Å². The molecule has 1 saturated heterocycles. The third-order valence-corrected chi connectivity index (χ3v) is 3.30. The largest absolute Gasteiger partial charge is 0.375 e. The molecule has 1 fully saturated rings. The summed E-state index contributed by atoms with van der Waals surface area (Å²) in [5.41, 5.74) is 1.38. The Labute approximate surface area is 107 Å². The predicted molar refractivity (Wildman–Crippen MR) is 69.9 cm³/mol. The summed E-state index contributed by atoms with van der Waals surface area (Å²) >= 11 is 0. The Balaban J connectivity index is 2.09. The number of carbonyl (C=O) groups excluding carboxylic acids is 1. The zero-order valence-corrected chi connectivity index (χ0v) is 10.7. The molecule has 0 unspecified atom stereocenters. The number of nitrogens with zero attached hydrogens (tertiary/aromatic N) is 1. The molecule has 18 heavy (non-hydrogen) atoms. The van der Waals surface area contributed by atoms with Gasteiger partial charge in [-0.25, -0.2) is 4.39 Å². The van der Waals surface area contributed by atoms with Gasteiger partial charge in [0.25, 0.3) is 0 Å². The van der Waals surface area contributed by atoms with Gasteiger partial charge in [0.1, 0.15) is 5.82 Å². The number of hydrogen-bond donors (Lipinski definition) is 0. The van der Waals surface area contributed by atoms with E-state index in [1.165, 1.54) is 31.4 Å². The first-order valence-electron chi connectivity index (χ1n) is 6.40. The summed E-state index contributed by atoms with van der Waals surface area (Å²) in [6.07, 6.45) is 5.24. The van der Waals surface area contributed by atoms with E-state index in [-0.39, 0.29) is 11.6 Å². The molecule has 2 rings (SSSR count). The van der Waals surface area contributed by atoms with Crippen molar-refractivity contribution in [2.45, 2.75) is 26.2 Å². The predicted octanol–water partition coefficient (Wildman–Crippen LogP) is 3.40. The van der Waals surface area contributed by atoms with Gasteiger partial charge in [-0.2, -0.15) is 0 Å². The van der Waals surface area contributed by atoms with E-state index >= 15 is 0 Å². The summed E-state index contributed by atoms with van der Waals surface area (Å²) in [6.45, 7) is 3.97. The molecule has 2 nitrogen and oxygen atoms in total. The van der Waals surface area contributed by atoms with Crippen molar-refractivity contribution in [3.8, 4) is 0 Å². The van der Waals surface area contributed by atoms with Crippen molar-refractivity contribution in [3.63, 3.8) is 0 Å². The number of carbonyl (C=O) groups is 1. The molecular weight excluding hydrogens is 229 g/mol. The highest BCUT2D eigenvalue weighted by molar-refractivity contribution is 6.04. The summed E-state index contributed by atoms with van der Waals surface area (Å²) < 4.78 is 13.0. The highest BCUT2D eigenvalue weighted by Crippen LogP contribution is 2.15. The van der Waals surface area contributed by atoms with Crippen molar-refractivity contribution in [2.75, 3.05) is 13.1 Å². The van der Waals surface area contributed by atoms with E-state index in [1.807, 2.05) is 6.92 Å². The maximum absolute atomic E-state index is 13.0. The van der Waals surface area contributed by atoms with Crippen molar-refractivity contribution in [2.24, 2.45) is 0 Å². The van der Waals surface area contributed by atoms with E-state index < -0.39 is 0 Å². The van der Waals surface area contributed by atoms with Gasteiger partial charge in [0, 0.05) is 30.4 Å². The molecule has 0 amide bonds. The van der Waals surface area contributed by atoms with Crippen molar-refractivity contribution >= 4 is 5.78 Å². The van der Waals surface area contributed by atoms with Gasteiger partial charge >= 0.3 is 0 Å². The fourth-order valence-corrected chi connectivity index (χ4v) is 2.25. The normalized spacial score (nSPS) is 16.8. The van der Waals surface area contributed by atoms with E-state index in [9.17, 15) is 9.18 Å². The highest BCUT2D eigenvalue weighted by Gasteiger charge is 2.12. The lowest BCUT2D eigenvalue weighted by Crippen LogP contribution is -2.28. The molecule has 1 aromatic rings. The molecule has 96 valence electrons. The topological polar surface area (TPSA) is 20.3 Å². The van der Waals surface area contributed by atoms with Crippen LogP contribution in [0.1, 0.15) is 36.5 Å². The number of rotatable bonds is 3. The molecule has 0 spiro atoms. The van der Waals surface area contributed by atoms with Gasteiger partial charge in [-0.3, -0.25) is 4.79 Å². The Hall–Kier alpha value is -1.64. The number of piperidine rings is 1. The van der Waals surface area contributed by atoms with E-state index in [4.69, 9.17) is 0 Å². The average Bonchev–Trinajstić information content (AvgIpc) is 2.39. The number of hydrogen-bond acceptors (Lipinski definition) is 2. The Morgan fingerprint density at radius 1 is 1.28 bits per heavy atom. The molecule has 0 N–H and O–H groups in total. The zero-order chi connectivity index (χ0) is 13.0. The summed E-state index contributed by atoms with van der Waals surface area (Å²) in [6, 6.07) is 5.83. The minimum Gasteiger partial charge on any atom is -0.375 e. The van der Waals surface area contributed by atoms with Crippen molar-refractivity contribution in [1.29, 1.82) is 0 Å². The average molecular weight is 247 g/mol. The Morgan fingerprint density at radius 3 is 2.67 bits per heavy atom. The Kier molecular flexibility index (Phi) is 4.13. The lowest BCUT2D eigenvalue weighted by Gasteiger charge is -2.29. The quantitative estimate of drug-likeness (QED) is 0.602. The molecule has 3 heteroatoms. The van der Waals surface area contributed by atoms with Gasteiger partial charge in [-0.15, -0.1) is 0 Å². The molecule has 0 aliphatic carbocycles. The summed E-state index contributed by atoms with van der Waals surface area (Å²) in [5, 5.41) is 0. The smallest absolute Gasteiger partial charge is 0.187 e. The van der Waals surface area contributed by atoms with Crippen molar-refractivity contribution in [3.05, 3.63) is 47.4 Å². The van der Waals surface area contributed by atoms with E-state index in [2.05, 4.69) is 4.90 Å². The molecule has 0 aromatic heterocycles. The Morgan fingerprint density at radius 2 is 2.00 bits per heavy atom. The first-order valence-corrected chi connectivity index (χ1v) is 6.40. The number of allylic oxidation sites excluding steroid dienone is 2. The van der Waals surface area contributed by atoms with Gasteiger partial charge in [-0.05, 0) is 38.3 Å². The van der Waals surface area contributed by atoms with Crippen LogP contribution >= 0.6 is 0 Å². The van der Waals surface area contributed by atoms with Gasteiger partial charge in [0.2, 0.25) is 0 Å². The van der Waals surface area contributed by atoms with E-state index in [0.29, 0.717) is 5.56 Å². The molecule has 0 saturated carbocycles. The highest BCUT2D eigenvalue weighted by atomic mass is 19.1. The van der Waals surface area contributed by atoms with Crippen LogP contribution in [-0.4, -0.2) is 23.8 Å². The lowest BCUT2D eigenvalue weighted by atomic mass is 10.1. The lowest BCUT2D eigenvalue weighted by molar-refractivity contribution is 0.104. The Bertz CT molecular complexity index is 461. The number of benzene rings is 1. The maximum Gasteiger partial charge on any atom is 0.187 e. The second-order valence-corrected chi connectivity index (χ2v) is 4.71. The fourth-order valence-electron chi connectivity index (χ4n) is 2.25. The van der Waals surface area contributed by atoms with Gasteiger partial charge in [-0.1, -0.05) is 12.1 Å². The third kappa shape index (κ3) is 3.19. The first kappa shape index (κ1) is 12.8. The van der Waals surface area contributed by atoms with Crippen LogP contribution in [-0.2, 0) is 0 Å².